The summed E-state index contributed by atoms with van der Waals surface area (Å²) in [6.45, 7) is 1.00. The van der Waals surface area contributed by atoms with Gasteiger partial charge in [-0.15, -0.1) is 0 Å². The first-order valence-electron chi connectivity index (χ1n) is 6.02. The first-order valence-corrected chi connectivity index (χ1v) is 7.93. The molecule has 0 radical (unpaired) electrons. The van der Waals surface area contributed by atoms with Gasteiger partial charge in [-0.05, 0) is 34.1 Å². The number of benzene rings is 1. The fourth-order valence-corrected chi connectivity index (χ4v) is 2.50. The largest absolute Gasteiger partial charge is 0.416 e. The van der Waals surface area contributed by atoms with Crippen molar-refractivity contribution >= 4 is 37.8 Å². The summed E-state index contributed by atoms with van der Waals surface area (Å²) in [6, 6.07) is 3.03. The van der Waals surface area contributed by atoms with Crippen molar-refractivity contribution in [2.75, 3.05) is 32.1 Å². The van der Waals surface area contributed by atoms with E-state index in [1.807, 2.05) is 0 Å². The molecule has 21 heavy (non-hydrogen) atoms. The number of methoxy groups -OCH3 is 1. The minimum absolute atomic E-state index is 0.0121. The molecule has 0 aliphatic carbocycles. The van der Waals surface area contributed by atoms with Crippen LogP contribution in [0, 0.1) is 0 Å². The molecule has 0 atom stereocenters. The number of amides is 1. The Kier molecular flexibility index (Phi) is 7.15. The molecule has 0 aromatic heterocycles. The van der Waals surface area contributed by atoms with E-state index in [9.17, 15) is 18.0 Å². The van der Waals surface area contributed by atoms with E-state index in [-0.39, 0.29) is 5.56 Å². The predicted molar refractivity (Wildman–Crippen MR) is 80.7 cm³/mol. The molecule has 0 fully saturated rings. The second-order valence-corrected chi connectivity index (χ2v) is 5.81. The van der Waals surface area contributed by atoms with Gasteiger partial charge >= 0.3 is 6.18 Å². The Balaban J connectivity index is 3.08. The minimum Gasteiger partial charge on any atom is -0.383 e. The predicted octanol–water partition coefficient (Wildman–Crippen LogP) is 3.95. The lowest BCUT2D eigenvalue weighted by molar-refractivity contribution is -0.137. The number of halogens is 5. The van der Waals surface area contributed by atoms with E-state index in [1.165, 1.54) is 18.1 Å². The van der Waals surface area contributed by atoms with Crippen LogP contribution in [0.25, 0.3) is 0 Å². The number of hydrogen-bond acceptors (Lipinski definition) is 2. The van der Waals surface area contributed by atoms with Crippen LogP contribution < -0.4 is 0 Å². The summed E-state index contributed by atoms with van der Waals surface area (Å²) in [7, 11) is 1.50. The second kappa shape index (κ2) is 8.14. The summed E-state index contributed by atoms with van der Waals surface area (Å²) < 4.78 is 43.5. The number of ether oxygens (including phenoxy) is 1. The van der Waals surface area contributed by atoms with Crippen molar-refractivity contribution in [3.8, 4) is 0 Å². The highest BCUT2D eigenvalue weighted by Gasteiger charge is 2.32. The lowest BCUT2D eigenvalue weighted by Crippen LogP contribution is -2.35. The van der Waals surface area contributed by atoms with E-state index < -0.39 is 17.6 Å². The van der Waals surface area contributed by atoms with Crippen LogP contribution in [0.2, 0.25) is 0 Å². The van der Waals surface area contributed by atoms with Crippen molar-refractivity contribution in [1.82, 2.24) is 4.90 Å². The fraction of sp³-hybridized carbons (Fsp3) is 0.462. The van der Waals surface area contributed by atoms with Crippen molar-refractivity contribution < 1.29 is 22.7 Å². The summed E-state index contributed by atoms with van der Waals surface area (Å²) in [5.74, 6) is -0.468. The summed E-state index contributed by atoms with van der Waals surface area (Å²) >= 11 is 6.35. The molecule has 1 aromatic rings. The normalized spacial score (nSPS) is 11.5. The van der Waals surface area contributed by atoms with Gasteiger partial charge in [-0.2, -0.15) is 13.2 Å². The van der Waals surface area contributed by atoms with Crippen LogP contribution in [0.15, 0.2) is 22.7 Å². The van der Waals surface area contributed by atoms with Crippen molar-refractivity contribution in [3.63, 3.8) is 0 Å². The molecular formula is C13H14Br2F3NO2. The third kappa shape index (κ3) is 5.27. The smallest absolute Gasteiger partial charge is 0.383 e. The van der Waals surface area contributed by atoms with Gasteiger partial charge in [0.1, 0.15) is 0 Å². The van der Waals surface area contributed by atoms with Crippen molar-refractivity contribution in [2.45, 2.75) is 6.18 Å². The van der Waals surface area contributed by atoms with Gasteiger partial charge in [0, 0.05) is 30.0 Å². The molecule has 0 bridgehead atoms. The number of alkyl halides is 4. The maximum atomic E-state index is 12.7. The van der Waals surface area contributed by atoms with Crippen LogP contribution in [0.1, 0.15) is 15.9 Å². The van der Waals surface area contributed by atoms with E-state index in [4.69, 9.17) is 4.74 Å². The van der Waals surface area contributed by atoms with E-state index in [0.29, 0.717) is 29.5 Å². The molecule has 0 spiro atoms. The number of rotatable bonds is 6. The maximum Gasteiger partial charge on any atom is 0.416 e. The summed E-state index contributed by atoms with van der Waals surface area (Å²) in [6.07, 6.45) is -4.48. The summed E-state index contributed by atoms with van der Waals surface area (Å²) in [5.41, 5.74) is -0.860. The van der Waals surface area contributed by atoms with Gasteiger partial charge in [-0.25, -0.2) is 0 Å². The lowest BCUT2D eigenvalue weighted by Gasteiger charge is -2.22. The molecule has 8 heteroatoms. The fourth-order valence-electron chi connectivity index (χ4n) is 1.65. The van der Waals surface area contributed by atoms with Gasteiger partial charge in [0.2, 0.25) is 0 Å². The second-order valence-electron chi connectivity index (χ2n) is 4.17. The molecule has 0 aliphatic heterocycles. The first kappa shape index (κ1) is 18.4. The van der Waals surface area contributed by atoms with Crippen LogP contribution in [0.3, 0.4) is 0 Å². The molecule has 1 aromatic carbocycles. The highest BCUT2D eigenvalue weighted by molar-refractivity contribution is 9.10. The third-order valence-corrected chi connectivity index (χ3v) is 3.78. The molecule has 0 aliphatic rings. The van der Waals surface area contributed by atoms with Gasteiger partial charge in [0.25, 0.3) is 5.91 Å². The van der Waals surface area contributed by atoms with Crippen molar-refractivity contribution in [1.29, 1.82) is 0 Å². The van der Waals surface area contributed by atoms with Crippen LogP contribution in [-0.4, -0.2) is 42.9 Å². The topological polar surface area (TPSA) is 29.5 Å². The van der Waals surface area contributed by atoms with Gasteiger partial charge in [0.15, 0.2) is 0 Å². The molecule has 0 saturated carbocycles. The summed E-state index contributed by atoms with van der Waals surface area (Å²) in [4.78, 5) is 13.8. The SMILES string of the molecule is COCCN(CCBr)C(=O)c1cc(C(F)(F)F)ccc1Br. The van der Waals surface area contributed by atoms with Crippen LogP contribution >= 0.6 is 31.9 Å². The molecule has 0 unspecified atom stereocenters. The van der Waals surface area contributed by atoms with E-state index in [2.05, 4.69) is 31.9 Å². The standard InChI is InChI=1S/C13H14Br2F3NO2/c1-21-7-6-19(5-4-14)12(20)10-8-9(13(16,17)18)2-3-11(10)15/h2-3,8H,4-7H2,1H3. The van der Waals surface area contributed by atoms with E-state index >= 15 is 0 Å². The zero-order valence-corrected chi connectivity index (χ0v) is 14.4. The molecular weight excluding hydrogens is 419 g/mol. The maximum absolute atomic E-state index is 12.7. The highest BCUT2D eigenvalue weighted by atomic mass is 79.9. The Morgan fingerprint density at radius 1 is 1.33 bits per heavy atom. The van der Waals surface area contributed by atoms with Gasteiger partial charge in [-0.3, -0.25) is 4.79 Å². The van der Waals surface area contributed by atoms with E-state index in [0.717, 1.165) is 12.1 Å². The highest BCUT2D eigenvalue weighted by Crippen LogP contribution is 2.32. The molecule has 1 amide bonds. The zero-order chi connectivity index (χ0) is 16.0. The Hall–Kier alpha value is -0.600. The van der Waals surface area contributed by atoms with Crippen LogP contribution in [0.4, 0.5) is 13.2 Å². The quantitative estimate of drug-likeness (QED) is 0.637. The van der Waals surface area contributed by atoms with E-state index in [1.54, 1.807) is 0 Å². The number of carbonyl (C=O) groups is 1. The summed E-state index contributed by atoms with van der Waals surface area (Å²) in [5, 5.41) is 0.527. The van der Waals surface area contributed by atoms with Gasteiger partial charge in [0.05, 0.1) is 17.7 Å². The molecule has 0 N–H and O–H groups in total. The Morgan fingerprint density at radius 2 is 2.00 bits per heavy atom. The average molecular weight is 433 g/mol. The molecule has 1 rings (SSSR count). The van der Waals surface area contributed by atoms with Crippen molar-refractivity contribution in [3.05, 3.63) is 33.8 Å². The first-order chi connectivity index (χ1) is 9.81. The molecule has 0 heterocycles. The van der Waals surface area contributed by atoms with Crippen LogP contribution in [-0.2, 0) is 10.9 Å². The average Bonchev–Trinajstić information content (AvgIpc) is 2.42. The zero-order valence-electron chi connectivity index (χ0n) is 11.2. The number of carbonyl (C=O) groups excluding carboxylic acids is 1. The monoisotopic (exact) mass is 431 g/mol. The molecule has 118 valence electrons. The van der Waals surface area contributed by atoms with Crippen LogP contribution in [0.5, 0.6) is 0 Å². The molecule has 0 saturated heterocycles. The number of nitrogens with zero attached hydrogens (tertiary/aromatic N) is 1. The number of hydrogen-bond donors (Lipinski definition) is 0. The van der Waals surface area contributed by atoms with Gasteiger partial charge in [-0.1, -0.05) is 15.9 Å². The third-order valence-electron chi connectivity index (χ3n) is 2.73. The van der Waals surface area contributed by atoms with Gasteiger partial charge < -0.3 is 9.64 Å². The Morgan fingerprint density at radius 3 is 2.52 bits per heavy atom. The Bertz CT molecular complexity index is 495. The van der Waals surface area contributed by atoms with Crippen molar-refractivity contribution in [2.24, 2.45) is 0 Å². The Labute approximate surface area is 137 Å². The lowest BCUT2D eigenvalue weighted by atomic mass is 10.1. The minimum atomic E-state index is -4.48. The molecule has 3 nitrogen and oxygen atoms in total.